The summed E-state index contributed by atoms with van der Waals surface area (Å²) < 4.78 is 0.978. The van der Waals surface area contributed by atoms with E-state index in [9.17, 15) is 4.79 Å². The van der Waals surface area contributed by atoms with Gasteiger partial charge in [-0.2, -0.15) is 0 Å². The van der Waals surface area contributed by atoms with Crippen LogP contribution in [0.1, 0.15) is 63.2 Å². The molecule has 0 aliphatic heterocycles. The molecule has 1 aromatic rings. The monoisotopic (exact) mass is 351 g/mol. The zero-order valence-electron chi connectivity index (χ0n) is 13.4. The highest BCUT2D eigenvalue weighted by Gasteiger charge is 2.25. The van der Waals surface area contributed by atoms with Crippen LogP contribution in [-0.4, -0.2) is 18.4 Å². The van der Waals surface area contributed by atoms with Crippen molar-refractivity contribution in [2.45, 2.75) is 58.9 Å². The lowest BCUT2D eigenvalue weighted by Crippen LogP contribution is -2.35. The van der Waals surface area contributed by atoms with E-state index in [1.165, 1.54) is 32.1 Å². The Labute approximate surface area is 137 Å². The van der Waals surface area contributed by atoms with Gasteiger partial charge in [0.15, 0.2) is 5.78 Å². The minimum absolute atomic E-state index is 0.152. The lowest BCUT2D eigenvalue weighted by molar-refractivity contribution is 0.101. The van der Waals surface area contributed by atoms with E-state index in [-0.39, 0.29) is 5.78 Å². The Kier molecular flexibility index (Phi) is 5.86. The van der Waals surface area contributed by atoms with Crippen LogP contribution in [-0.2, 0) is 0 Å². The number of Topliss-reactive ketones (excluding diaryl/α,β-unsaturated/α-hetero) is 1. The van der Waals surface area contributed by atoms with Gasteiger partial charge in [-0.25, -0.2) is 0 Å². The molecule has 0 atom stereocenters. The molecule has 2 rings (SSSR count). The number of anilines is 1. The molecule has 1 aromatic carbocycles. The van der Waals surface area contributed by atoms with E-state index >= 15 is 0 Å². The van der Waals surface area contributed by atoms with Crippen LogP contribution in [0.3, 0.4) is 0 Å². The van der Waals surface area contributed by atoms with Gasteiger partial charge >= 0.3 is 0 Å². The molecule has 0 saturated heterocycles. The maximum Gasteiger partial charge on any atom is 0.161 e. The molecule has 0 unspecified atom stereocenters. The topological polar surface area (TPSA) is 20.3 Å². The number of carbonyl (C=O) groups is 1. The Hall–Kier alpha value is -0.830. The van der Waals surface area contributed by atoms with Crippen molar-refractivity contribution < 1.29 is 4.79 Å². The van der Waals surface area contributed by atoms with Gasteiger partial charge in [0, 0.05) is 28.3 Å². The van der Waals surface area contributed by atoms with Gasteiger partial charge in [0.25, 0.3) is 0 Å². The summed E-state index contributed by atoms with van der Waals surface area (Å²) >= 11 is 3.49. The third kappa shape index (κ3) is 4.32. The van der Waals surface area contributed by atoms with Gasteiger partial charge in [0.2, 0.25) is 0 Å². The van der Waals surface area contributed by atoms with Crippen molar-refractivity contribution in [3.63, 3.8) is 0 Å². The van der Waals surface area contributed by atoms with Gasteiger partial charge in [-0.3, -0.25) is 4.79 Å². The van der Waals surface area contributed by atoms with Crippen molar-refractivity contribution in [2.24, 2.45) is 5.92 Å². The second-order valence-corrected chi connectivity index (χ2v) is 7.45. The van der Waals surface area contributed by atoms with Crippen molar-refractivity contribution in [3.05, 3.63) is 28.2 Å². The van der Waals surface area contributed by atoms with E-state index in [0.717, 1.165) is 22.3 Å². The van der Waals surface area contributed by atoms with E-state index in [1.807, 2.05) is 6.07 Å². The molecule has 3 heteroatoms. The molecule has 1 saturated carbocycles. The number of halogens is 1. The smallest absolute Gasteiger partial charge is 0.161 e. The van der Waals surface area contributed by atoms with Gasteiger partial charge in [0.05, 0.1) is 0 Å². The first-order chi connectivity index (χ1) is 9.99. The molecule has 116 valence electrons. The van der Waals surface area contributed by atoms with Crippen molar-refractivity contribution in [1.82, 2.24) is 0 Å². The summed E-state index contributed by atoms with van der Waals surface area (Å²) in [7, 11) is 0. The fourth-order valence-electron chi connectivity index (χ4n) is 3.15. The highest BCUT2D eigenvalue weighted by atomic mass is 79.9. The molecule has 1 aliphatic carbocycles. The zero-order valence-corrected chi connectivity index (χ0v) is 14.9. The molecule has 1 fully saturated rings. The average molecular weight is 352 g/mol. The first-order valence-electron chi connectivity index (χ1n) is 8.06. The normalized spacial score (nSPS) is 15.7. The summed E-state index contributed by atoms with van der Waals surface area (Å²) in [5.74, 6) is 0.837. The fraction of sp³-hybridized carbons (Fsp3) is 0.611. The number of rotatable bonds is 6. The molecule has 0 bridgehead atoms. The molecule has 0 N–H and O–H groups in total. The number of ketones is 1. The molecule has 0 radical (unpaired) electrons. The molecule has 0 amide bonds. The summed E-state index contributed by atoms with van der Waals surface area (Å²) in [5, 5.41) is 0. The Balaban J connectivity index is 2.32. The Morgan fingerprint density at radius 2 is 2.00 bits per heavy atom. The number of carbonyl (C=O) groups excluding carboxylic acids is 1. The van der Waals surface area contributed by atoms with Gasteiger partial charge in [0.1, 0.15) is 0 Å². The fourth-order valence-corrected chi connectivity index (χ4v) is 3.51. The molecule has 21 heavy (non-hydrogen) atoms. The van der Waals surface area contributed by atoms with Crippen molar-refractivity contribution in [3.8, 4) is 0 Å². The van der Waals surface area contributed by atoms with E-state index in [1.54, 1.807) is 6.92 Å². The summed E-state index contributed by atoms with van der Waals surface area (Å²) in [6.45, 7) is 7.24. The van der Waals surface area contributed by atoms with Crippen LogP contribution in [0, 0.1) is 5.92 Å². The van der Waals surface area contributed by atoms with Crippen LogP contribution in [0.15, 0.2) is 22.7 Å². The lowest BCUT2D eigenvalue weighted by atomic mass is 10.0. The van der Waals surface area contributed by atoms with Crippen LogP contribution < -0.4 is 4.90 Å². The summed E-state index contributed by atoms with van der Waals surface area (Å²) in [5.41, 5.74) is 1.97. The number of nitrogens with zero attached hydrogens (tertiary/aromatic N) is 1. The number of hydrogen-bond acceptors (Lipinski definition) is 2. The first-order valence-corrected chi connectivity index (χ1v) is 8.85. The maximum atomic E-state index is 12.0. The summed E-state index contributed by atoms with van der Waals surface area (Å²) in [4.78, 5) is 14.5. The first kappa shape index (κ1) is 16.5. The molecular formula is C18H26BrNO. The van der Waals surface area contributed by atoms with Crippen molar-refractivity contribution in [2.75, 3.05) is 11.4 Å². The van der Waals surface area contributed by atoms with Crippen LogP contribution in [0.25, 0.3) is 0 Å². The molecule has 0 aromatic heterocycles. The van der Waals surface area contributed by atoms with Crippen molar-refractivity contribution >= 4 is 27.4 Å². The molecule has 1 aliphatic rings. The molecular weight excluding hydrogens is 326 g/mol. The third-order valence-corrected chi connectivity index (χ3v) is 4.85. The van der Waals surface area contributed by atoms with Gasteiger partial charge in [-0.15, -0.1) is 0 Å². The van der Waals surface area contributed by atoms with Crippen molar-refractivity contribution in [1.29, 1.82) is 0 Å². The summed E-state index contributed by atoms with van der Waals surface area (Å²) in [6.07, 6.45) is 6.31. The molecule has 0 heterocycles. The minimum atomic E-state index is 0.152. The van der Waals surface area contributed by atoms with Gasteiger partial charge in [-0.05, 0) is 50.3 Å². The summed E-state index contributed by atoms with van der Waals surface area (Å²) in [6, 6.07) is 6.73. The largest absolute Gasteiger partial charge is 0.368 e. The average Bonchev–Trinajstić information content (AvgIpc) is 2.93. The minimum Gasteiger partial charge on any atom is -0.368 e. The highest BCUT2D eigenvalue weighted by molar-refractivity contribution is 9.10. The SMILES string of the molecule is CC(=O)c1cc(Br)ccc1N(CCC(C)C)C1CCCC1. The Morgan fingerprint density at radius 1 is 1.33 bits per heavy atom. The van der Waals surface area contributed by atoms with Crippen LogP contribution in [0.5, 0.6) is 0 Å². The van der Waals surface area contributed by atoms with E-state index in [4.69, 9.17) is 0 Å². The van der Waals surface area contributed by atoms with Crippen LogP contribution in [0.2, 0.25) is 0 Å². The standard InChI is InChI=1S/C18H26BrNO/c1-13(2)10-11-20(16-6-4-5-7-16)18-9-8-15(19)12-17(18)14(3)21/h8-9,12-13,16H,4-7,10-11H2,1-3H3. The quantitative estimate of drug-likeness (QED) is 0.635. The number of hydrogen-bond donors (Lipinski definition) is 0. The number of benzene rings is 1. The lowest BCUT2D eigenvalue weighted by Gasteiger charge is -2.33. The van der Waals surface area contributed by atoms with Gasteiger partial charge in [-0.1, -0.05) is 42.6 Å². The zero-order chi connectivity index (χ0) is 15.4. The Bertz CT molecular complexity index is 492. The predicted octanol–water partition coefficient (Wildman–Crippen LogP) is 5.45. The second kappa shape index (κ2) is 7.44. The maximum absolute atomic E-state index is 12.0. The predicted molar refractivity (Wildman–Crippen MR) is 93.2 cm³/mol. The third-order valence-electron chi connectivity index (χ3n) is 4.36. The second-order valence-electron chi connectivity index (χ2n) is 6.53. The molecule has 0 spiro atoms. The Morgan fingerprint density at radius 3 is 2.57 bits per heavy atom. The van der Waals surface area contributed by atoms with Crippen LogP contribution in [0.4, 0.5) is 5.69 Å². The van der Waals surface area contributed by atoms with Crippen LogP contribution >= 0.6 is 15.9 Å². The van der Waals surface area contributed by atoms with E-state index < -0.39 is 0 Å². The highest BCUT2D eigenvalue weighted by Crippen LogP contribution is 2.32. The van der Waals surface area contributed by atoms with Gasteiger partial charge < -0.3 is 4.90 Å². The van der Waals surface area contributed by atoms with E-state index in [0.29, 0.717) is 12.0 Å². The van der Waals surface area contributed by atoms with E-state index in [2.05, 4.69) is 46.8 Å². The molecule has 2 nitrogen and oxygen atoms in total.